The van der Waals surface area contributed by atoms with Gasteiger partial charge in [-0.1, -0.05) is 30.3 Å². The first-order valence-corrected chi connectivity index (χ1v) is 10.6. The Morgan fingerprint density at radius 3 is 2.71 bits per heavy atom. The summed E-state index contributed by atoms with van der Waals surface area (Å²) in [7, 11) is 0. The Balaban J connectivity index is 1.45. The normalized spacial score (nSPS) is 15.9. The summed E-state index contributed by atoms with van der Waals surface area (Å²) in [4.78, 5) is 22.4. The van der Waals surface area contributed by atoms with Crippen LogP contribution < -0.4 is 11.1 Å². The predicted molar refractivity (Wildman–Crippen MR) is 120 cm³/mol. The third kappa shape index (κ3) is 3.27. The van der Waals surface area contributed by atoms with Crippen molar-refractivity contribution in [3.8, 4) is 11.6 Å². The van der Waals surface area contributed by atoms with Crippen molar-refractivity contribution in [2.75, 3.05) is 25.5 Å². The van der Waals surface area contributed by atoms with Crippen LogP contribution in [-0.2, 0) is 9.53 Å². The molecule has 0 aliphatic carbocycles. The number of ether oxygens (including phenoxy) is 1. The zero-order valence-electron chi connectivity index (χ0n) is 17.8. The van der Waals surface area contributed by atoms with Gasteiger partial charge in [-0.3, -0.25) is 4.79 Å². The SMILES string of the molecule is Nc1nc2c(cnn2[C@H](C(=O)NCC2(O)COC2)c2ccccc2)c2nc(-c3ccco3)nn12. The highest BCUT2D eigenvalue weighted by Crippen LogP contribution is 2.28. The minimum absolute atomic E-state index is 0.0604. The molecule has 12 heteroatoms. The number of carbonyl (C=O) groups is 1. The molecule has 172 valence electrons. The first kappa shape index (κ1) is 20.3. The van der Waals surface area contributed by atoms with Gasteiger partial charge < -0.3 is 25.3 Å². The molecule has 0 radical (unpaired) electrons. The Hall–Kier alpha value is -4.29. The minimum Gasteiger partial charge on any atom is -0.461 e. The van der Waals surface area contributed by atoms with Gasteiger partial charge in [-0.05, 0) is 17.7 Å². The van der Waals surface area contributed by atoms with E-state index in [1.54, 1.807) is 18.3 Å². The first-order valence-electron chi connectivity index (χ1n) is 10.6. The van der Waals surface area contributed by atoms with Crippen LogP contribution in [0.15, 0.2) is 59.3 Å². The molecule has 1 fully saturated rings. The Morgan fingerprint density at radius 1 is 1.18 bits per heavy atom. The second-order valence-corrected chi connectivity index (χ2v) is 8.19. The lowest BCUT2D eigenvalue weighted by molar-refractivity contribution is -0.176. The third-order valence-corrected chi connectivity index (χ3v) is 5.74. The lowest BCUT2D eigenvalue weighted by atomic mass is 10.0. The fourth-order valence-corrected chi connectivity index (χ4v) is 3.95. The van der Waals surface area contributed by atoms with Crippen LogP contribution in [0.3, 0.4) is 0 Å². The standard InChI is InChI=1S/C22H20N8O4/c23-21-27-19-14(18-26-17(28-30(18)21)15-7-4-8-34-15)9-25-29(19)16(13-5-2-1-3-6-13)20(31)24-10-22(32)11-33-12-22/h1-9,16,32H,10-12H2,(H2,23,27)(H,24,31)/t16-/m0/s1. The molecule has 1 atom stereocenters. The van der Waals surface area contributed by atoms with Crippen molar-refractivity contribution < 1.29 is 19.1 Å². The third-order valence-electron chi connectivity index (χ3n) is 5.74. The highest BCUT2D eigenvalue weighted by Gasteiger charge is 2.37. The lowest BCUT2D eigenvalue weighted by Crippen LogP contribution is -2.57. The average molecular weight is 460 g/mol. The molecule has 4 N–H and O–H groups in total. The molecule has 1 saturated heterocycles. The summed E-state index contributed by atoms with van der Waals surface area (Å²) in [6.07, 6.45) is 3.11. The maximum Gasteiger partial charge on any atom is 0.249 e. The number of carbonyl (C=O) groups excluding carboxylic acids is 1. The molecule has 5 heterocycles. The number of hydrogen-bond acceptors (Lipinski definition) is 9. The van der Waals surface area contributed by atoms with Gasteiger partial charge in [-0.2, -0.15) is 14.6 Å². The molecular formula is C22H20N8O4. The molecule has 6 rings (SSSR count). The van der Waals surface area contributed by atoms with Gasteiger partial charge in [-0.15, -0.1) is 5.10 Å². The van der Waals surface area contributed by atoms with E-state index in [1.165, 1.54) is 15.5 Å². The number of nitrogens with one attached hydrogen (secondary N) is 1. The first-order chi connectivity index (χ1) is 16.5. The number of benzene rings is 1. The zero-order chi connectivity index (χ0) is 23.3. The largest absolute Gasteiger partial charge is 0.461 e. The Kier molecular flexibility index (Phi) is 4.57. The van der Waals surface area contributed by atoms with Gasteiger partial charge in [0.1, 0.15) is 5.60 Å². The number of rotatable bonds is 6. The van der Waals surface area contributed by atoms with E-state index in [9.17, 15) is 9.90 Å². The van der Waals surface area contributed by atoms with Crippen molar-refractivity contribution in [1.82, 2.24) is 34.7 Å². The summed E-state index contributed by atoms with van der Waals surface area (Å²) >= 11 is 0. The van der Waals surface area contributed by atoms with Gasteiger partial charge in [0.2, 0.25) is 17.7 Å². The van der Waals surface area contributed by atoms with Crippen LogP contribution in [0, 0.1) is 0 Å². The molecule has 0 bridgehead atoms. The fraction of sp³-hybridized carbons (Fsp3) is 0.227. The van der Waals surface area contributed by atoms with Crippen LogP contribution in [0.25, 0.3) is 28.3 Å². The average Bonchev–Trinajstić information content (AvgIpc) is 3.57. The molecule has 0 saturated carbocycles. The molecular weight excluding hydrogens is 440 g/mol. The van der Waals surface area contributed by atoms with Gasteiger partial charge in [0, 0.05) is 0 Å². The van der Waals surface area contributed by atoms with Crippen LogP contribution >= 0.6 is 0 Å². The molecule has 1 aliphatic heterocycles. The number of furan rings is 1. The lowest BCUT2D eigenvalue weighted by Gasteiger charge is -2.36. The number of nitrogens with two attached hydrogens (primary N) is 1. The van der Waals surface area contributed by atoms with Crippen LogP contribution in [0.2, 0.25) is 0 Å². The van der Waals surface area contributed by atoms with E-state index in [2.05, 4.69) is 25.5 Å². The van der Waals surface area contributed by atoms with Gasteiger partial charge in [0.05, 0.1) is 37.6 Å². The van der Waals surface area contributed by atoms with Crippen LogP contribution in [0.5, 0.6) is 0 Å². The summed E-state index contributed by atoms with van der Waals surface area (Å²) < 4.78 is 13.4. The number of nitrogen functional groups attached to an aromatic ring is 1. The monoisotopic (exact) mass is 460 g/mol. The molecule has 34 heavy (non-hydrogen) atoms. The highest BCUT2D eigenvalue weighted by molar-refractivity contribution is 5.92. The van der Waals surface area contributed by atoms with E-state index in [0.29, 0.717) is 33.8 Å². The van der Waals surface area contributed by atoms with E-state index in [-0.39, 0.29) is 31.6 Å². The van der Waals surface area contributed by atoms with E-state index in [1.807, 2.05) is 30.3 Å². The highest BCUT2D eigenvalue weighted by atomic mass is 16.5. The van der Waals surface area contributed by atoms with E-state index in [0.717, 1.165) is 0 Å². The molecule has 5 aromatic rings. The number of hydrogen-bond donors (Lipinski definition) is 3. The molecule has 0 spiro atoms. The number of aromatic nitrogens is 6. The molecule has 4 aromatic heterocycles. The Labute approximate surface area is 192 Å². The summed E-state index contributed by atoms with van der Waals surface area (Å²) in [5, 5.41) is 22.6. The number of fused-ring (bicyclic) bond motifs is 3. The van der Waals surface area contributed by atoms with Crippen molar-refractivity contribution in [2.45, 2.75) is 11.6 Å². The summed E-state index contributed by atoms with van der Waals surface area (Å²) in [6.45, 7) is 0.411. The topological polar surface area (TPSA) is 159 Å². The van der Waals surface area contributed by atoms with Crippen LogP contribution in [0.1, 0.15) is 11.6 Å². The summed E-state index contributed by atoms with van der Waals surface area (Å²) in [5.74, 6) is 0.576. The maximum absolute atomic E-state index is 13.4. The molecule has 1 aromatic carbocycles. The predicted octanol–water partition coefficient (Wildman–Crippen LogP) is 0.783. The van der Waals surface area contributed by atoms with E-state index >= 15 is 0 Å². The minimum atomic E-state index is -1.07. The fourth-order valence-electron chi connectivity index (χ4n) is 3.95. The molecule has 1 amide bonds. The van der Waals surface area contributed by atoms with Crippen molar-refractivity contribution in [2.24, 2.45) is 0 Å². The number of nitrogens with zero attached hydrogens (tertiary/aromatic N) is 6. The second-order valence-electron chi connectivity index (χ2n) is 8.19. The van der Waals surface area contributed by atoms with Gasteiger partial charge in [0.15, 0.2) is 23.1 Å². The van der Waals surface area contributed by atoms with Crippen molar-refractivity contribution in [3.63, 3.8) is 0 Å². The molecule has 0 unspecified atom stereocenters. The number of amides is 1. The molecule has 12 nitrogen and oxygen atoms in total. The van der Waals surface area contributed by atoms with Crippen molar-refractivity contribution in [3.05, 3.63) is 60.5 Å². The maximum atomic E-state index is 13.4. The van der Waals surface area contributed by atoms with Crippen LogP contribution in [0.4, 0.5) is 5.95 Å². The van der Waals surface area contributed by atoms with Crippen molar-refractivity contribution >= 4 is 28.5 Å². The van der Waals surface area contributed by atoms with E-state index < -0.39 is 11.6 Å². The summed E-state index contributed by atoms with van der Waals surface area (Å²) in [5.41, 5.74) is 6.64. The zero-order valence-corrected chi connectivity index (χ0v) is 17.8. The Morgan fingerprint density at radius 2 is 2.00 bits per heavy atom. The smallest absolute Gasteiger partial charge is 0.249 e. The molecule has 1 aliphatic rings. The Bertz CT molecular complexity index is 1490. The van der Waals surface area contributed by atoms with E-state index in [4.69, 9.17) is 14.9 Å². The quantitative estimate of drug-likeness (QED) is 0.333. The second kappa shape index (κ2) is 7.64. The van der Waals surface area contributed by atoms with Gasteiger partial charge in [-0.25, -0.2) is 9.67 Å². The van der Waals surface area contributed by atoms with Crippen molar-refractivity contribution in [1.29, 1.82) is 0 Å². The number of anilines is 1. The van der Waals surface area contributed by atoms with Gasteiger partial charge in [0.25, 0.3) is 0 Å². The number of aliphatic hydroxyl groups is 1. The summed E-state index contributed by atoms with van der Waals surface area (Å²) in [6, 6.07) is 11.8. The van der Waals surface area contributed by atoms with Gasteiger partial charge >= 0.3 is 0 Å². The van der Waals surface area contributed by atoms with Crippen LogP contribution in [-0.4, -0.2) is 65.7 Å².